The van der Waals surface area contributed by atoms with Crippen molar-refractivity contribution in [3.8, 4) is 0 Å². The fourth-order valence-electron chi connectivity index (χ4n) is 6.99. The van der Waals surface area contributed by atoms with E-state index in [4.69, 9.17) is 0 Å². The monoisotopic (exact) mass is 282 g/mol. The molecular weight excluding hydrogens is 252 g/mol. The first-order valence-corrected chi connectivity index (χ1v) is 8.93. The molecule has 5 aliphatic carbocycles. The second kappa shape index (κ2) is 4.15. The SMILES string of the molecule is CC(C)=C1C2C(=C(C)C)C3C1C(=C(C)C)C2C31CCCC1. The van der Waals surface area contributed by atoms with Gasteiger partial charge in [0.1, 0.15) is 0 Å². The molecule has 0 radical (unpaired) electrons. The lowest BCUT2D eigenvalue weighted by Gasteiger charge is -2.34. The smallest absolute Gasteiger partial charge is 0.00928 e. The summed E-state index contributed by atoms with van der Waals surface area (Å²) in [6.07, 6.45) is 5.95. The Morgan fingerprint density at radius 3 is 1.38 bits per heavy atom. The summed E-state index contributed by atoms with van der Waals surface area (Å²) >= 11 is 0. The quantitative estimate of drug-likeness (QED) is 0.474. The van der Waals surface area contributed by atoms with E-state index in [1.165, 1.54) is 25.7 Å². The van der Waals surface area contributed by atoms with Crippen molar-refractivity contribution in [2.45, 2.75) is 67.2 Å². The van der Waals surface area contributed by atoms with E-state index in [1.807, 2.05) is 16.7 Å². The van der Waals surface area contributed by atoms with Gasteiger partial charge in [-0.1, -0.05) is 46.3 Å². The summed E-state index contributed by atoms with van der Waals surface area (Å²) in [5, 5.41) is 0. The van der Waals surface area contributed by atoms with Gasteiger partial charge in [-0.15, -0.1) is 0 Å². The molecule has 0 heteroatoms. The van der Waals surface area contributed by atoms with Crippen LogP contribution in [0.15, 0.2) is 33.4 Å². The number of hydrogen-bond donors (Lipinski definition) is 0. The van der Waals surface area contributed by atoms with Crippen LogP contribution in [0.1, 0.15) is 67.2 Å². The van der Waals surface area contributed by atoms with Crippen LogP contribution in [0.5, 0.6) is 0 Å². The lowest BCUT2D eigenvalue weighted by molar-refractivity contribution is 0.179. The van der Waals surface area contributed by atoms with Gasteiger partial charge >= 0.3 is 0 Å². The minimum absolute atomic E-state index is 0.660. The molecule has 4 bridgehead atoms. The minimum Gasteiger partial charge on any atom is -0.0763 e. The highest BCUT2D eigenvalue weighted by Gasteiger charge is 2.74. The van der Waals surface area contributed by atoms with Crippen molar-refractivity contribution >= 4 is 0 Å². The maximum atomic E-state index is 2.37. The maximum absolute atomic E-state index is 2.37. The highest BCUT2D eigenvalue weighted by Crippen LogP contribution is 2.82. The fraction of sp³-hybridized carbons (Fsp3) is 0.714. The van der Waals surface area contributed by atoms with Crippen LogP contribution in [0.25, 0.3) is 0 Å². The second-order valence-electron chi connectivity index (χ2n) is 8.72. The van der Waals surface area contributed by atoms with Crippen molar-refractivity contribution in [3.05, 3.63) is 33.4 Å². The summed E-state index contributed by atoms with van der Waals surface area (Å²) in [6.45, 7) is 14.2. The molecule has 5 fully saturated rings. The Kier molecular flexibility index (Phi) is 2.74. The summed E-state index contributed by atoms with van der Waals surface area (Å²) in [5.41, 5.74) is 11.1. The molecule has 0 aromatic rings. The molecule has 0 N–H and O–H groups in total. The van der Waals surface area contributed by atoms with Gasteiger partial charge in [0, 0.05) is 11.8 Å². The third-order valence-corrected chi connectivity index (χ3v) is 7.18. The number of rotatable bonds is 0. The lowest BCUT2D eigenvalue weighted by atomic mass is 9.69. The minimum atomic E-state index is 0.660. The van der Waals surface area contributed by atoms with Crippen molar-refractivity contribution in [1.29, 1.82) is 0 Å². The molecule has 0 aromatic heterocycles. The first-order chi connectivity index (χ1) is 9.92. The van der Waals surface area contributed by atoms with Gasteiger partial charge in [0.05, 0.1) is 0 Å². The van der Waals surface area contributed by atoms with Crippen molar-refractivity contribution in [3.63, 3.8) is 0 Å². The zero-order valence-electron chi connectivity index (χ0n) is 14.6. The zero-order chi connectivity index (χ0) is 15.1. The molecule has 5 rings (SSSR count). The molecular formula is C21H30. The molecule has 0 amide bonds. The van der Waals surface area contributed by atoms with E-state index in [9.17, 15) is 0 Å². The van der Waals surface area contributed by atoms with Gasteiger partial charge in [-0.05, 0) is 71.6 Å². The first kappa shape index (κ1) is 13.9. The molecule has 0 aliphatic heterocycles. The van der Waals surface area contributed by atoms with Crippen LogP contribution < -0.4 is 0 Å². The van der Waals surface area contributed by atoms with E-state index in [2.05, 4.69) is 41.5 Å². The first-order valence-electron chi connectivity index (χ1n) is 8.93. The van der Waals surface area contributed by atoms with E-state index in [0.717, 1.165) is 23.7 Å². The summed E-state index contributed by atoms with van der Waals surface area (Å²) in [6, 6.07) is 0. The average molecular weight is 282 g/mol. The Morgan fingerprint density at radius 1 is 0.667 bits per heavy atom. The van der Waals surface area contributed by atoms with Gasteiger partial charge in [0.2, 0.25) is 0 Å². The molecule has 0 nitrogen and oxygen atoms in total. The van der Waals surface area contributed by atoms with Gasteiger partial charge in [0.25, 0.3) is 0 Å². The van der Waals surface area contributed by atoms with Crippen LogP contribution in [0.3, 0.4) is 0 Å². The summed E-state index contributed by atoms with van der Waals surface area (Å²) in [4.78, 5) is 0. The Hall–Kier alpha value is -0.780. The maximum Gasteiger partial charge on any atom is 0.00928 e. The molecule has 0 heterocycles. The van der Waals surface area contributed by atoms with Crippen LogP contribution >= 0.6 is 0 Å². The van der Waals surface area contributed by atoms with Gasteiger partial charge < -0.3 is 0 Å². The van der Waals surface area contributed by atoms with Crippen LogP contribution in [-0.4, -0.2) is 0 Å². The Labute approximate surface area is 130 Å². The van der Waals surface area contributed by atoms with Gasteiger partial charge in [-0.2, -0.15) is 0 Å². The molecule has 4 unspecified atom stereocenters. The standard InChI is InChI=1S/C21H30/c1-11(2)14-17-15(12(3)4)19-18(14)16(13(5)6)20(17)21(19)9-7-8-10-21/h17-20H,7-10H2,1-6H3. The van der Waals surface area contributed by atoms with E-state index in [0.29, 0.717) is 5.41 Å². The summed E-state index contributed by atoms with van der Waals surface area (Å²) < 4.78 is 0. The third-order valence-electron chi connectivity index (χ3n) is 7.18. The summed E-state index contributed by atoms with van der Waals surface area (Å²) in [5.74, 6) is 3.32. The van der Waals surface area contributed by atoms with Crippen molar-refractivity contribution in [2.24, 2.45) is 29.1 Å². The second-order valence-corrected chi connectivity index (χ2v) is 8.72. The zero-order valence-corrected chi connectivity index (χ0v) is 14.6. The predicted molar refractivity (Wildman–Crippen MR) is 90.0 cm³/mol. The largest absolute Gasteiger partial charge is 0.0763 e. The number of allylic oxidation sites excluding steroid dienone is 6. The molecule has 5 saturated carbocycles. The van der Waals surface area contributed by atoms with Crippen LogP contribution in [-0.2, 0) is 0 Å². The molecule has 4 atom stereocenters. The topological polar surface area (TPSA) is 0 Å². The Bertz CT molecular complexity index is 550. The van der Waals surface area contributed by atoms with E-state index in [-0.39, 0.29) is 0 Å². The van der Waals surface area contributed by atoms with Gasteiger partial charge in [0.15, 0.2) is 0 Å². The van der Waals surface area contributed by atoms with E-state index < -0.39 is 0 Å². The van der Waals surface area contributed by atoms with E-state index in [1.54, 1.807) is 16.7 Å². The Balaban J connectivity index is 2.00. The van der Waals surface area contributed by atoms with E-state index >= 15 is 0 Å². The van der Waals surface area contributed by atoms with Crippen LogP contribution in [0, 0.1) is 29.1 Å². The fourth-order valence-corrected chi connectivity index (χ4v) is 6.99. The van der Waals surface area contributed by atoms with Gasteiger partial charge in [-0.3, -0.25) is 0 Å². The molecule has 1 spiro atoms. The number of hydrogen-bond acceptors (Lipinski definition) is 0. The highest BCUT2D eigenvalue weighted by molar-refractivity contribution is 5.60. The highest BCUT2D eigenvalue weighted by atomic mass is 14.8. The molecule has 114 valence electrons. The van der Waals surface area contributed by atoms with Gasteiger partial charge in [-0.25, -0.2) is 0 Å². The van der Waals surface area contributed by atoms with Crippen molar-refractivity contribution in [2.75, 3.05) is 0 Å². The molecule has 0 aromatic carbocycles. The lowest BCUT2D eigenvalue weighted by Crippen LogP contribution is -2.28. The third kappa shape index (κ3) is 1.38. The van der Waals surface area contributed by atoms with Crippen LogP contribution in [0.4, 0.5) is 0 Å². The molecule has 0 saturated heterocycles. The van der Waals surface area contributed by atoms with Crippen molar-refractivity contribution in [1.82, 2.24) is 0 Å². The normalized spacial score (nSPS) is 38.3. The molecule has 5 aliphatic rings. The predicted octanol–water partition coefficient (Wildman–Crippen LogP) is 6.06. The average Bonchev–Trinajstić information content (AvgIpc) is 3.14. The molecule has 21 heavy (non-hydrogen) atoms. The van der Waals surface area contributed by atoms with Crippen LogP contribution in [0.2, 0.25) is 0 Å². The summed E-state index contributed by atoms with van der Waals surface area (Å²) in [7, 11) is 0. The van der Waals surface area contributed by atoms with Crippen molar-refractivity contribution < 1.29 is 0 Å². The Morgan fingerprint density at radius 2 is 1.05 bits per heavy atom.